The van der Waals surface area contributed by atoms with Gasteiger partial charge in [-0.25, -0.2) is 0 Å². The SMILES string of the molecule is Cc1ccc(C2CCCNC2)c(S(=O)(=O)O)c1. The van der Waals surface area contributed by atoms with Crippen LogP contribution in [0.1, 0.15) is 29.9 Å². The molecule has 2 N–H and O–H groups in total. The number of hydrogen-bond acceptors (Lipinski definition) is 3. The van der Waals surface area contributed by atoms with Crippen molar-refractivity contribution in [3.05, 3.63) is 29.3 Å². The molecule has 0 aromatic heterocycles. The molecule has 0 saturated carbocycles. The largest absolute Gasteiger partial charge is 0.316 e. The van der Waals surface area contributed by atoms with Crippen LogP contribution >= 0.6 is 0 Å². The van der Waals surface area contributed by atoms with Crippen molar-refractivity contribution < 1.29 is 13.0 Å². The molecule has 1 saturated heterocycles. The Kier molecular flexibility index (Phi) is 3.51. The van der Waals surface area contributed by atoms with Gasteiger partial charge in [0.15, 0.2) is 0 Å². The van der Waals surface area contributed by atoms with Gasteiger partial charge >= 0.3 is 0 Å². The van der Waals surface area contributed by atoms with Gasteiger partial charge in [-0.05, 0) is 49.4 Å². The molecule has 0 spiro atoms. The fourth-order valence-electron chi connectivity index (χ4n) is 2.32. The normalized spacial score (nSPS) is 21.4. The van der Waals surface area contributed by atoms with Crippen LogP contribution in [0.5, 0.6) is 0 Å². The summed E-state index contributed by atoms with van der Waals surface area (Å²) in [5.41, 5.74) is 1.57. The molecular formula is C12H17NO3S. The van der Waals surface area contributed by atoms with E-state index in [-0.39, 0.29) is 10.8 Å². The Balaban J connectivity index is 2.45. The van der Waals surface area contributed by atoms with E-state index in [1.54, 1.807) is 6.07 Å². The zero-order valence-electron chi connectivity index (χ0n) is 9.81. The van der Waals surface area contributed by atoms with Gasteiger partial charge in [0.25, 0.3) is 10.1 Å². The molecule has 5 heteroatoms. The minimum Gasteiger partial charge on any atom is -0.316 e. The van der Waals surface area contributed by atoms with Gasteiger partial charge in [-0.1, -0.05) is 12.1 Å². The first-order chi connectivity index (χ1) is 7.98. The summed E-state index contributed by atoms with van der Waals surface area (Å²) in [6.07, 6.45) is 1.99. The molecule has 94 valence electrons. The van der Waals surface area contributed by atoms with Crippen molar-refractivity contribution in [3.63, 3.8) is 0 Å². The van der Waals surface area contributed by atoms with Gasteiger partial charge in [-0.3, -0.25) is 4.55 Å². The first-order valence-corrected chi connectivity index (χ1v) is 7.21. The Bertz CT molecular complexity index is 504. The lowest BCUT2D eigenvalue weighted by molar-refractivity contribution is 0.449. The average Bonchev–Trinajstić information content (AvgIpc) is 2.29. The van der Waals surface area contributed by atoms with Crippen molar-refractivity contribution in [2.24, 2.45) is 0 Å². The smallest absolute Gasteiger partial charge is 0.294 e. The van der Waals surface area contributed by atoms with E-state index >= 15 is 0 Å². The molecule has 1 aromatic carbocycles. The van der Waals surface area contributed by atoms with Crippen molar-refractivity contribution in [3.8, 4) is 0 Å². The van der Waals surface area contributed by atoms with E-state index in [1.807, 2.05) is 19.1 Å². The molecule has 1 aliphatic heterocycles. The van der Waals surface area contributed by atoms with Crippen molar-refractivity contribution in [2.75, 3.05) is 13.1 Å². The first kappa shape index (κ1) is 12.5. The predicted molar refractivity (Wildman–Crippen MR) is 65.8 cm³/mol. The highest BCUT2D eigenvalue weighted by molar-refractivity contribution is 7.85. The lowest BCUT2D eigenvalue weighted by atomic mass is 9.91. The highest BCUT2D eigenvalue weighted by Crippen LogP contribution is 2.29. The number of rotatable bonds is 2. The number of aryl methyl sites for hydroxylation is 1. The van der Waals surface area contributed by atoms with Crippen molar-refractivity contribution in [1.29, 1.82) is 0 Å². The monoisotopic (exact) mass is 255 g/mol. The molecular weight excluding hydrogens is 238 g/mol. The summed E-state index contributed by atoms with van der Waals surface area (Å²) in [6.45, 7) is 3.56. The van der Waals surface area contributed by atoms with Gasteiger partial charge in [0.1, 0.15) is 0 Å². The van der Waals surface area contributed by atoms with E-state index in [1.165, 1.54) is 0 Å². The summed E-state index contributed by atoms with van der Waals surface area (Å²) >= 11 is 0. The molecule has 1 unspecified atom stereocenters. The van der Waals surface area contributed by atoms with Crippen LogP contribution in [0, 0.1) is 6.92 Å². The molecule has 17 heavy (non-hydrogen) atoms. The summed E-state index contributed by atoms with van der Waals surface area (Å²) in [7, 11) is -4.13. The fraction of sp³-hybridized carbons (Fsp3) is 0.500. The standard InChI is InChI=1S/C12H17NO3S/c1-9-4-5-11(10-3-2-6-13-8-10)12(7-9)17(14,15)16/h4-5,7,10,13H,2-3,6,8H2,1H3,(H,14,15,16). The van der Waals surface area contributed by atoms with E-state index in [4.69, 9.17) is 0 Å². The zero-order chi connectivity index (χ0) is 12.5. The molecule has 1 aliphatic rings. The minimum absolute atomic E-state index is 0.0613. The second kappa shape index (κ2) is 4.76. The highest BCUT2D eigenvalue weighted by atomic mass is 32.2. The summed E-state index contributed by atoms with van der Waals surface area (Å²) in [4.78, 5) is 0.0613. The van der Waals surface area contributed by atoms with Crippen LogP contribution in [0.15, 0.2) is 23.1 Å². The van der Waals surface area contributed by atoms with Crippen LogP contribution in [0.4, 0.5) is 0 Å². The van der Waals surface area contributed by atoms with E-state index in [0.717, 1.165) is 37.1 Å². The molecule has 1 aromatic rings. The molecule has 0 bridgehead atoms. The summed E-state index contributed by atoms with van der Waals surface area (Å²) in [6, 6.07) is 5.24. The molecule has 4 nitrogen and oxygen atoms in total. The topological polar surface area (TPSA) is 66.4 Å². The maximum Gasteiger partial charge on any atom is 0.294 e. The molecule has 2 rings (SSSR count). The van der Waals surface area contributed by atoms with Crippen LogP contribution in [0.25, 0.3) is 0 Å². The van der Waals surface area contributed by atoms with Gasteiger partial charge in [0, 0.05) is 6.54 Å². The maximum atomic E-state index is 11.4. The molecule has 1 atom stereocenters. The molecule has 0 aliphatic carbocycles. The highest BCUT2D eigenvalue weighted by Gasteiger charge is 2.23. The fourth-order valence-corrected chi connectivity index (χ4v) is 3.19. The van der Waals surface area contributed by atoms with E-state index in [0.29, 0.717) is 0 Å². The minimum atomic E-state index is -4.13. The summed E-state index contributed by atoms with van der Waals surface area (Å²) in [5.74, 6) is 0.168. The van der Waals surface area contributed by atoms with Gasteiger partial charge in [0.2, 0.25) is 0 Å². The van der Waals surface area contributed by atoms with Crippen LogP contribution in [-0.2, 0) is 10.1 Å². The van der Waals surface area contributed by atoms with Crippen LogP contribution in [0.3, 0.4) is 0 Å². The van der Waals surface area contributed by atoms with Crippen molar-refractivity contribution >= 4 is 10.1 Å². The predicted octanol–water partition coefficient (Wildman–Crippen LogP) is 1.71. The zero-order valence-corrected chi connectivity index (χ0v) is 10.6. The van der Waals surface area contributed by atoms with Gasteiger partial charge in [-0.2, -0.15) is 8.42 Å². The van der Waals surface area contributed by atoms with Crippen LogP contribution < -0.4 is 5.32 Å². The van der Waals surface area contributed by atoms with Gasteiger partial charge in [-0.15, -0.1) is 0 Å². The Labute approximate surface area is 102 Å². The molecule has 0 radical (unpaired) electrons. The Morgan fingerprint density at radius 2 is 2.18 bits per heavy atom. The number of hydrogen-bond donors (Lipinski definition) is 2. The quantitative estimate of drug-likeness (QED) is 0.790. The van der Waals surface area contributed by atoms with Crippen LogP contribution in [0.2, 0.25) is 0 Å². The Hall–Kier alpha value is -0.910. The average molecular weight is 255 g/mol. The van der Waals surface area contributed by atoms with E-state index in [2.05, 4.69) is 5.32 Å². The molecule has 0 amide bonds. The first-order valence-electron chi connectivity index (χ1n) is 5.77. The van der Waals surface area contributed by atoms with E-state index < -0.39 is 10.1 Å². The van der Waals surface area contributed by atoms with Crippen molar-refractivity contribution in [2.45, 2.75) is 30.6 Å². The van der Waals surface area contributed by atoms with Crippen molar-refractivity contribution in [1.82, 2.24) is 5.32 Å². The third kappa shape index (κ3) is 2.86. The third-order valence-corrected chi connectivity index (χ3v) is 4.09. The number of nitrogens with one attached hydrogen (secondary N) is 1. The Morgan fingerprint density at radius 1 is 1.41 bits per heavy atom. The summed E-state index contributed by atoms with van der Waals surface area (Å²) < 4.78 is 32.0. The maximum absolute atomic E-state index is 11.4. The van der Waals surface area contributed by atoms with Gasteiger partial charge < -0.3 is 5.32 Å². The van der Waals surface area contributed by atoms with Gasteiger partial charge in [0.05, 0.1) is 4.90 Å². The molecule has 1 heterocycles. The van der Waals surface area contributed by atoms with Crippen LogP contribution in [-0.4, -0.2) is 26.1 Å². The second-order valence-electron chi connectivity index (χ2n) is 4.56. The molecule has 1 fully saturated rings. The second-order valence-corrected chi connectivity index (χ2v) is 5.95. The Morgan fingerprint density at radius 3 is 2.76 bits per heavy atom. The third-order valence-electron chi connectivity index (χ3n) is 3.18. The van der Waals surface area contributed by atoms with E-state index in [9.17, 15) is 13.0 Å². The number of piperidine rings is 1. The number of benzene rings is 1. The lowest BCUT2D eigenvalue weighted by Crippen LogP contribution is -2.29. The lowest BCUT2D eigenvalue weighted by Gasteiger charge is -2.24. The summed E-state index contributed by atoms with van der Waals surface area (Å²) in [5, 5.41) is 3.25.